The lowest BCUT2D eigenvalue weighted by Crippen LogP contribution is -2.04. The summed E-state index contributed by atoms with van der Waals surface area (Å²) in [4.78, 5) is 11.9. The van der Waals surface area contributed by atoms with Gasteiger partial charge in [0.05, 0.1) is 5.56 Å². The summed E-state index contributed by atoms with van der Waals surface area (Å²) in [5.74, 6) is -11.0. The molecule has 0 aliphatic carbocycles. The number of halogens is 6. The van der Waals surface area contributed by atoms with Gasteiger partial charge in [0, 0.05) is 10.0 Å². The van der Waals surface area contributed by atoms with Crippen LogP contribution in [-0.4, -0.2) is 5.78 Å². The van der Waals surface area contributed by atoms with Gasteiger partial charge in [-0.1, -0.05) is 28.1 Å². The van der Waals surface area contributed by atoms with Gasteiger partial charge in [-0.3, -0.25) is 4.79 Å². The van der Waals surface area contributed by atoms with E-state index < -0.39 is 40.4 Å². The molecular weight excluding hydrogens is 371 g/mol. The van der Waals surface area contributed by atoms with Gasteiger partial charge in [-0.15, -0.1) is 0 Å². The van der Waals surface area contributed by atoms with Crippen molar-refractivity contribution in [3.05, 3.63) is 75.0 Å². The molecule has 2 aromatic carbocycles. The number of benzene rings is 2. The van der Waals surface area contributed by atoms with Gasteiger partial charge in [-0.2, -0.15) is 0 Å². The lowest BCUT2D eigenvalue weighted by molar-refractivity contribution is 0.104. The highest BCUT2D eigenvalue weighted by atomic mass is 79.9. The van der Waals surface area contributed by atoms with Crippen molar-refractivity contribution in [2.75, 3.05) is 0 Å². The molecule has 0 unspecified atom stereocenters. The molecule has 22 heavy (non-hydrogen) atoms. The first-order chi connectivity index (χ1) is 10.3. The van der Waals surface area contributed by atoms with Crippen molar-refractivity contribution in [1.82, 2.24) is 0 Å². The van der Waals surface area contributed by atoms with Gasteiger partial charge in [0.25, 0.3) is 0 Å². The molecular formula is C15H6BrF5O. The Hall–Kier alpha value is -2.02. The molecule has 2 aromatic rings. The largest absolute Gasteiger partial charge is 0.289 e. The highest BCUT2D eigenvalue weighted by Crippen LogP contribution is 2.24. The maximum atomic E-state index is 13.4. The molecule has 7 heteroatoms. The first-order valence-electron chi connectivity index (χ1n) is 5.83. The van der Waals surface area contributed by atoms with Crippen LogP contribution in [0, 0.1) is 29.1 Å². The van der Waals surface area contributed by atoms with Crippen LogP contribution in [0.3, 0.4) is 0 Å². The van der Waals surface area contributed by atoms with E-state index in [1.165, 1.54) is 6.07 Å². The molecule has 0 heterocycles. The molecule has 0 amide bonds. The van der Waals surface area contributed by atoms with E-state index in [0.717, 1.165) is 6.08 Å². The number of carbonyl (C=O) groups excluding carboxylic acids is 1. The van der Waals surface area contributed by atoms with Gasteiger partial charge in [-0.05, 0) is 24.3 Å². The second kappa shape index (κ2) is 6.39. The van der Waals surface area contributed by atoms with E-state index in [-0.39, 0.29) is 5.56 Å². The summed E-state index contributed by atoms with van der Waals surface area (Å²) in [6, 6.07) is 6.22. The van der Waals surface area contributed by atoms with Crippen molar-refractivity contribution in [3.63, 3.8) is 0 Å². The fraction of sp³-hybridized carbons (Fsp3) is 0. The van der Waals surface area contributed by atoms with Crippen molar-refractivity contribution >= 4 is 27.8 Å². The van der Waals surface area contributed by atoms with E-state index in [2.05, 4.69) is 15.9 Å². The summed E-state index contributed by atoms with van der Waals surface area (Å²) in [5, 5.41) is 0. The van der Waals surface area contributed by atoms with Crippen molar-refractivity contribution in [3.8, 4) is 0 Å². The van der Waals surface area contributed by atoms with Crippen LogP contribution in [-0.2, 0) is 0 Å². The van der Waals surface area contributed by atoms with Gasteiger partial charge < -0.3 is 0 Å². The van der Waals surface area contributed by atoms with Crippen molar-refractivity contribution in [2.24, 2.45) is 0 Å². The van der Waals surface area contributed by atoms with Crippen molar-refractivity contribution in [1.29, 1.82) is 0 Å². The average Bonchev–Trinajstić information content (AvgIpc) is 2.51. The van der Waals surface area contributed by atoms with Gasteiger partial charge in [0.2, 0.25) is 5.82 Å². The molecule has 0 saturated heterocycles. The third kappa shape index (κ3) is 2.94. The number of carbonyl (C=O) groups is 1. The van der Waals surface area contributed by atoms with Crippen molar-refractivity contribution < 1.29 is 26.7 Å². The van der Waals surface area contributed by atoms with Crippen LogP contribution in [0.2, 0.25) is 0 Å². The Bertz CT molecular complexity index is 757. The number of allylic oxidation sites excluding steroid dienone is 1. The average molecular weight is 377 g/mol. The fourth-order valence-electron chi connectivity index (χ4n) is 1.68. The predicted octanol–water partition coefficient (Wildman–Crippen LogP) is 5.04. The van der Waals surface area contributed by atoms with Crippen LogP contribution in [0.15, 0.2) is 34.8 Å². The molecule has 0 spiro atoms. The van der Waals surface area contributed by atoms with Gasteiger partial charge >= 0.3 is 0 Å². The molecule has 0 aliphatic rings. The smallest absolute Gasteiger partial charge is 0.200 e. The number of ketones is 1. The van der Waals surface area contributed by atoms with E-state index in [9.17, 15) is 26.7 Å². The number of hydrogen-bond acceptors (Lipinski definition) is 1. The Morgan fingerprint density at radius 2 is 1.36 bits per heavy atom. The summed E-state index contributed by atoms with van der Waals surface area (Å²) in [6.07, 6.45) is 1.29. The molecule has 0 saturated carbocycles. The zero-order valence-electron chi connectivity index (χ0n) is 10.6. The van der Waals surface area contributed by atoms with Gasteiger partial charge in [0.15, 0.2) is 29.1 Å². The van der Waals surface area contributed by atoms with Crippen LogP contribution in [0.5, 0.6) is 0 Å². The maximum absolute atomic E-state index is 13.4. The zero-order chi connectivity index (χ0) is 16.4. The molecule has 0 N–H and O–H groups in total. The third-order valence-electron chi connectivity index (χ3n) is 2.78. The predicted molar refractivity (Wildman–Crippen MR) is 73.7 cm³/mol. The minimum Gasteiger partial charge on any atom is -0.289 e. The lowest BCUT2D eigenvalue weighted by Gasteiger charge is -2.04. The van der Waals surface area contributed by atoms with E-state index in [4.69, 9.17) is 0 Å². The topological polar surface area (TPSA) is 17.1 Å². The monoisotopic (exact) mass is 376 g/mol. The number of rotatable bonds is 3. The standard InChI is InChI=1S/C15H6BrF5O/c16-9-4-2-1-3-7(9)10(22)6-5-8-11(17)13(19)15(21)14(20)12(8)18/h1-6H. The summed E-state index contributed by atoms with van der Waals surface area (Å²) in [6.45, 7) is 0. The summed E-state index contributed by atoms with van der Waals surface area (Å²) in [7, 11) is 0. The summed E-state index contributed by atoms with van der Waals surface area (Å²) in [5.41, 5.74) is -0.987. The van der Waals surface area contributed by atoms with Crippen LogP contribution >= 0.6 is 15.9 Å². The van der Waals surface area contributed by atoms with Gasteiger partial charge in [0.1, 0.15) is 0 Å². The first kappa shape index (κ1) is 16.4. The van der Waals surface area contributed by atoms with Crippen LogP contribution < -0.4 is 0 Å². The second-order valence-corrected chi connectivity index (χ2v) is 5.02. The van der Waals surface area contributed by atoms with Crippen LogP contribution in [0.1, 0.15) is 15.9 Å². The molecule has 0 atom stereocenters. The normalized spacial score (nSPS) is 11.2. The van der Waals surface area contributed by atoms with E-state index >= 15 is 0 Å². The van der Waals surface area contributed by atoms with Crippen LogP contribution in [0.25, 0.3) is 6.08 Å². The van der Waals surface area contributed by atoms with E-state index in [1.807, 2.05) is 0 Å². The molecule has 0 fully saturated rings. The fourth-order valence-corrected chi connectivity index (χ4v) is 2.16. The molecule has 0 radical (unpaired) electrons. The Morgan fingerprint density at radius 3 is 1.91 bits per heavy atom. The Labute approximate surface area is 130 Å². The molecule has 0 bridgehead atoms. The van der Waals surface area contributed by atoms with Crippen LogP contribution in [0.4, 0.5) is 22.0 Å². The Kier molecular flexibility index (Phi) is 4.75. The summed E-state index contributed by atoms with van der Waals surface area (Å²) >= 11 is 3.11. The van der Waals surface area contributed by atoms with E-state index in [1.54, 1.807) is 18.2 Å². The second-order valence-electron chi connectivity index (χ2n) is 4.16. The minimum atomic E-state index is -2.25. The Balaban J connectivity index is 2.44. The first-order valence-corrected chi connectivity index (χ1v) is 6.62. The van der Waals surface area contributed by atoms with Gasteiger partial charge in [-0.25, -0.2) is 22.0 Å². The van der Waals surface area contributed by atoms with E-state index in [0.29, 0.717) is 10.5 Å². The third-order valence-corrected chi connectivity index (χ3v) is 3.48. The minimum absolute atomic E-state index is 0.183. The SMILES string of the molecule is O=C(C=Cc1c(F)c(F)c(F)c(F)c1F)c1ccccc1Br. The highest BCUT2D eigenvalue weighted by Gasteiger charge is 2.24. The maximum Gasteiger partial charge on any atom is 0.200 e. The molecule has 1 nitrogen and oxygen atoms in total. The molecule has 0 aliphatic heterocycles. The highest BCUT2D eigenvalue weighted by molar-refractivity contribution is 9.10. The number of hydrogen-bond donors (Lipinski definition) is 0. The zero-order valence-corrected chi connectivity index (χ0v) is 12.2. The lowest BCUT2D eigenvalue weighted by atomic mass is 10.1. The quantitative estimate of drug-likeness (QED) is 0.241. The van der Waals surface area contributed by atoms with Crippen molar-refractivity contribution in [2.45, 2.75) is 0 Å². The molecule has 114 valence electrons. The Morgan fingerprint density at radius 1 is 0.864 bits per heavy atom. The summed E-state index contributed by atoms with van der Waals surface area (Å²) < 4.78 is 66.3. The molecule has 2 rings (SSSR count). The molecule has 0 aromatic heterocycles.